The van der Waals surface area contributed by atoms with E-state index >= 15 is 0 Å². The molecule has 4 aromatic carbocycles. The number of nitrogen functional groups attached to an aromatic ring is 1. The summed E-state index contributed by atoms with van der Waals surface area (Å²) in [4.78, 5) is -1.97. The van der Waals surface area contributed by atoms with Gasteiger partial charge >= 0.3 is 88.7 Å². The molecule has 0 atom stereocenters. The van der Waals surface area contributed by atoms with Crippen molar-refractivity contribution >= 4 is 68.4 Å². The van der Waals surface area contributed by atoms with Crippen LogP contribution in [0.25, 0.3) is 32.3 Å². The van der Waals surface area contributed by atoms with E-state index in [0.717, 1.165) is 24.3 Å². The summed E-state index contributed by atoms with van der Waals surface area (Å²) < 4.78 is 99.9. The zero-order valence-corrected chi connectivity index (χ0v) is 25.5. The van der Waals surface area contributed by atoms with Gasteiger partial charge < -0.3 is 10.0 Å². The minimum atomic E-state index is -4.89. The van der Waals surface area contributed by atoms with Gasteiger partial charge in [-0.1, -0.05) is 12.1 Å². The van der Waals surface area contributed by atoms with Crippen molar-refractivity contribution in [3.8, 4) is 0 Å². The summed E-state index contributed by atoms with van der Waals surface area (Å²) in [5, 5.41) is -0.380. The largest absolute Gasteiger partial charge is 1.00 e. The Bertz CT molecular complexity index is 1700. The van der Waals surface area contributed by atoms with Crippen LogP contribution in [-0.4, -0.2) is 38.9 Å². The molecule has 16 heteroatoms. The molecule has 0 saturated heterocycles. The molecule has 0 radical (unpaired) electrons. The number of nitrogens with two attached hydrogens (primary N) is 1. The molecular weight excluding hydrogens is 515 g/mol. The minimum Gasteiger partial charge on any atom is -1.00 e. The van der Waals surface area contributed by atoms with Crippen LogP contribution in [0.4, 0.5) is 5.69 Å². The topological polar surface area (TPSA) is 189 Å². The average Bonchev–Trinajstić information content (AvgIpc) is 2.56. The van der Waals surface area contributed by atoms with Gasteiger partial charge in [0.2, 0.25) is 0 Å². The van der Waals surface area contributed by atoms with Crippen LogP contribution in [-0.2, 0) is 30.4 Å². The minimum absolute atomic E-state index is 0. The Labute approximate surface area is 253 Å². The normalized spacial score (nSPS) is 12.3. The summed E-state index contributed by atoms with van der Waals surface area (Å²) in [7, 11) is -14.5. The Kier molecular flexibility index (Phi) is 9.37. The molecule has 0 aromatic heterocycles. The van der Waals surface area contributed by atoms with E-state index in [1.165, 1.54) is 12.1 Å². The predicted molar refractivity (Wildman–Crippen MR) is 107 cm³/mol. The van der Waals surface area contributed by atoms with Crippen LogP contribution in [0, 0.1) is 0 Å². The van der Waals surface area contributed by atoms with Crippen LogP contribution in [0.1, 0.15) is 4.28 Å². The molecule has 0 aliphatic carbocycles. The Balaban J connectivity index is -0.00000171. The number of hydrogen-bond acceptors (Lipinski definition) is 7. The molecular formula is C16H14NNa3O9S3. The Morgan fingerprint density at radius 2 is 0.938 bits per heavy atom. The molecule has 0 aliphatic heterocycles. The third kappa shape index (κ3) is 5.03. The van der Waals surface area contributed by atoms with Gasteiger partial charge in [-0.3, -0.25) is 13.7 Å². The van der Waals surface area contributed by atoms with Gasteiger partial charge in [0.25, 0.3) is 30.4 Å². The number of benzene rings is 4. The van der Waals surface area contributed by atoms with E-state index in [2.05, 4.69) is 0 Å². The van der Waals surface area contributed by atoms with Crippen molar-refractivity contribution in [1.29, 1.82) is 0 Å². The maximum absolute atomic E-state index is 11.9. The zero-order valence-electron chi connectivity index (χ0n) is 20.1. The van der Waals surface area contributed by atoms with E-state index < -0.39 is 45.0 Å². The number of rotatable bonds is 3. The average molecular weight is 529 g/mol. The summed E-state index contributed by atoms with van der Waals surface area (Å²) >= 11 is 0. The van der Waals surface area contributed by atoms with E-state index in [-0.39, 0.29) is 131 Å². The summed E-state index contributed by atoms with van der Waals surface area (Å²) in [5.41, 5.74) is 6.00. The van der Waals surface area contributed by atoms with Crippen molar-refractivity contribution in [3.63, 3.8) is 0 Å². The Morgan fingerprint density at radius 3 is 1.38 bits per heavy atom. The van der Waals surface area contributed by atoms with Crippen LogP contribution in [0.15, 0.2) is 51.1 Å². The van der Waals surface area contributed by atoms with E-state index in [4.69, 9.17) is 5.73 Å². The first-order chi connectivity index (χ1) is 13.2. The maximum Gasteiger partial charge on any atom is 1.00 e. The monoisotopic (exact) mass is 529 g/mol. The molecule has 4 aromatic rings. The standard InChI is InChI=1S/C16H11NO9S3.3Na.3H/c17-11-5-9-12(27(18,19)20)4-2-8-14(29(24,25)26)6-10-13(28(21,22)23)3-1-7(11)15(10)16(8)9;;;;;;/h1-6H,17H2,(H,18,19,20)(H,21,22,23)(H,24,25,26);;;;;;/q;3*+1;3*-1. The maximum atomic E-state index is 11.9. The third-order valence-corrected chi connectivity index (χ3v) is 7.36. The number of hydrogen-bond donors (Lipinski definition) is 4. The molecule has 0 unspecified atom stereocenters. The van der Waals surface area contributed by atoms with Crippen LogP contribution >= 0.6 is 0 Å². The summed E-state index contributed by atoms with van der Waals surface area (Å²) in [6.07, 6.45) is 0. The molecule has 0 amide bonds. The van der Waals surface area contributed by atoms with E-state index in [9.17, 15) is 38.9 Å². The van der Waals surface area contributed by atoms with Gasteiger partial charge in [-0.05, 0) is 24.3 Å². The molecule has 0 aliphatic rings. The molecule has 0 heterocycles. The fraction of sp³-hybridized carbons (Fsp3) is 0. The summed E-state index contributed by atoms with van der Waals surface area (Å²) in [6.45, 7) is 0. The molecule has 0 spiro atoms. The van der Waals surface area contributed by atoms with Crippen molar-refractivity contribution in [2.45, 2.75) is 14.7 Å². The zero-order chi connectivity index (χ0) is 21.5. The fourth-order valence-corrected chi connectivity index (χ4v) is 5.65. The molecule has 0 bridgehead atoms. The quantitative estimate of drug-likeness (QED) is 0.0859. The Hall–Kier alpha value is 0.450. The number of anilines is 1. The third-order valence-electron chi connectivity index (χ3n) is 4.65. The molecule has 0 saturated carbocycles. The summed E-state index contributed by atoms with van der Waals surface area (Å²) in [6, 6.07) is 6.32. The second kappa shape index (κ2) is 9.84. The van der Waals surface area contributed by atoms with Crippen molar-refractivity contribution in [1.82, 2.24) is 0 Å². The van der Waals surface area contributed by atoms with Crippen LogP contribution in [0.2, 0.25) is 0 Å². The van der Waals surface area contributed by atoms with Gasteiger partial charge in [0, 0.05) is 38.0 Å². The molecule has 4 rings (SSSR count). The Morgan fingerprint density at radius 1 is 0.562 bits per heavy atom. The van der Waals surface area contributed by atoms with Gasteiger partial charge in [-0.15, -0.1) is 0 Å². The molecule has 158 valence electrons. The molecule has 0 fully saturated rings. The summed E-state index contributed by atoms with van der Waals surface area (Å²) in [5.74, 6) is 0. The fourth-order valence-electron chi connectivity index (χ4n) is 3.58. The first kappa shape index (κ1) is 30.5. The van der Waals surface area contributed by atoms with E-state index in [1.54, 1.807) is 0 Å². The SMILES string of the molecule is Nc1cc2c(S(=O)(=O)O)ccc3c(S(=O)(=O)O)cc4c(S(=O)(=O)O)ccc1c4c32.[H-].[H-].[H-].[Na+].[Na+].[Na+]. The van der Waals surface area contributed by atoms with Crippen molar-refractivity contribution in [2.24, 2.45) is 0 Å². The molecule has 5 N–H and O–H groups in total. The second-order valence-corrected chi connectivity index (χ2v) is 10.5. The van der Waals surface area contributed by atoms with Gasteiger partial charge in [0.05, 0.1) is 0 Å². The second-order valence-electron chi connectivity index (χ2n) is 6.33. The molecule has 10 nitrogen and oxygen atoms in total. The smallest absolute Gasteiger partial charge is 1.00 e. The van der Waals surface area contributed by atoms with Gasteiger partial charge in [-0.25, -0.2) is 0 Å². The van der Waals surface area contributed by atoms with E-state index in [1.807, 2.05) is 0 Å². The van der Waals surface area contributed by atoms with Crippen LogP contribution in [0.5, 0.6) is 0 Å². The van der Waals surface area contributed by atoms with Crippen LogP contribution in [0.3, 0.4) is 0 Å². The van der Waals surface area contributed by atoms with Gasteiger partial charge in [0.1, 0.15) is 14.7 Å². The van der Waals surface area contributed by atoms with Crippen molar-refractivity contribution in [3.05, 3.63) is 36.4 Å². The first-order valence-electron chi connectivity index (χ1n) is 7.67. The van der Waals surface area contributed by atoms with Crippen LogP contribution < -0.4 is 94.4 Å². The molecule has 32 heavy (non-hydrogen) atoms. The van der Waals surface area contributed by atoms with Gasteiger partial charge in [0.15, 0.2) is 0 Å². The first-order valence-corrected chi connectivity index (χ1v) is 12.0. The van der Waals surface area contributed by atoms with Crippen molar-refractivity contribution in [2.75, 3.05) is 5.73 Å². The van der Waals surface area contributed by atoms with Crippen molar-refractivity contribution < 1.29 is 132 Å². The predicted octanol–water partition coefficient (Wildman–Crippen LogP) is -6.74. The van der Waals surface area contributed by atoms with E-state index in [0.29, 0.717) is 0 Å². The van der Waals surface area contributed by atoms with Gasteiger partial charge in [-0.2, -0.15) is 25.3 Å².